The number of carbonyl (C=O) groups is 1. The van der Waals surface area contributed by atoms with Crippen LogP contribution in [0, 0.1) is 0 Å². The first-order chi connectivity index (χ1) is 9.81. The Bertz CT molecular complexity index is 670. The molecule has 3 nitrogen and oxygen atoms in total. The molecule has 0 aliphatic heterocycles. The molecule has 0 radical (unpaired) electrons. The molecule has 1 aromatic heterocycles. The molecule has 0 atom stereocenters. The molecule has 0 saturated carbocycles. The molecule has 0 fully saturated rings. The van der Waals surface area contributed by atoms with Crippen molar-refractivity contribution in [1.29, 1.82) is 0 Å². The fourth-order valence-electron chi connectivity index (χ4n) is 1.77. The molecule has 1 aromatic carbocycles. The lowest BCUT2D eigenvalue weighted by atomic mass is 10.0. The van der Waals surface area contributed by atoms with Crippen LogP contribution in [0.25, 0.3) is 11.1 Å². The predicted molar refractivity (Wildman–Crippen MR) is 84.8 cm³/mol. The van der Waals surface area contributed by atoms with E-state index in [0.717, 1.165) is 0 Å². The van der Waals surface area contributed by atoms with Gasteiger partial charge in [0.15, 0.2) is 0 Å². The first-order valence-corrected chi connectivity index (χ1v) is 7.54. The Kier molecular flexibility index (Phi) is 5.09. The van der Waals surface area contributed by atoms with Gasteiger partial charge >= 0.3 is 9.89 Å². The summed E-state index contributed by atoms with van der Waals surface area (Å²) in [6, 6.07) is 6.96. The summed E-state index contributed by atoms with van der Waals surface area (Å²) in [6.45, 7) is 0. The molecule has 2 aromatic rings. The van der Waals surface area contributed by atoms with Gasteiger partial charge in [-0.2, -0.15) is 4.39 Å². The van der Waals surface area contributed by atoms with Crippen LogP contribution in [0.2, 0.25) is 5.02 Å². The molecule has 8 heteroatoms. The Balaban J connectivity index is 2.53. The lowest BCUT2D eigenvalue weighted by Crippen LogP contribution is -2.02. The third kappa shape index (κ3) is 4.07. The summed E-state index contributed by atoms with van der Waals surface area (Å²) >= 11 is 17.3. The second kappa shape index (κ2) is 6.48. The molecule has 2 rings (SSSR count). The van der Waals surface area contributed by atoms with Gasteiger partial charge in [0.25, 0.3) is 0 Å². The predicted octanol–water partition coefficient (Wildman–Crippen LogP) is 5.15. The second-order valence-corrected chi connectivity index (χ2v) is 7.21. The number of halogens is 4. The minimum Gasteiger partial charge on any atom is -0.465 e. The van der Waals surface area contributed by atoms with Crippen molar-refractivity contribution < 1.29 is 13.9 Å². The van der Waals surface area contributed by atoms with Crippen molar-refractivity contribution in [3.63, 3.8) is 0 Å². The number of hydrogen-bond donors (Lipinski definition) is 0. The topological polar surface area (TPSA) is 31.2 Å². The molecule has 0 aliphatic rings. The van der Waals surface area contributed by atoms with Crippen molar-refractivity contribution in [2.24, 2.45) is 0 Å². The Morgan fingerprint density at radius 3 is 2.52 bits per heavy atom. The van der Waals surface area contributed by atoms with E-state index < -0.39 is 9.89 Å². The Labute approximate surface area is 140 Å². The lowest BCUT2D eigenvalue weighted by molar-refractivity contribution is 0.0601. The van der Waals surface area contributed by atoms with E-state index in [1.54, 1.807) is 24.3 Å². The van der Waals surface area contributed by atoms with Gasteiger partial charge in [-0.15, -0.1) is 0 Å². The summed E-state index contributed by atoms with van der Waals surface area (Å²) < 4.78 is 16.8. The normalized spacial score (nSPS) is 11.5. The standard InChI is InChI=1S/C13H9Cl3FNO2S/c1-20-12(19)10-7-18(21-13(15,16)17)6-9(10)8-4-2-3-5-11(8)14/h2-7H,1H3. The fraction of sp³-hybridized carbons (Fsp3) is 0.154. The van der Waals surface area contributed by atoms with Crippen LogP contribution in [0.15, 0.2) is 36.7 Å². The number of ether oxygens (including phenoxy) is 1. The van der Waals surface area contributed by atoms with Gasteiger partial charge in [0.1, 0.15) is 0 Å². The average Bonchev–Trinajstić information content (AvgIpc) is 2.79. The first-order valence-electron chi connectivity index (χ1n) is 5.63. The highest BCUT2D eigenvalue weighted by atomic mass is 35.5. The largest absolute Gasteiger partial charge is 0.465 e. The zero-order chi connectivity index (χ0) is 15.6. The maximum Gasteiger partial charge on any atom is 0.340 e. The van der Waals surface area contributed by atoms with Crippen molar-refractivity contribution in [2.45, 2.75) is 3.92 Å². The van der Waals surface area contributed by atoms with Gasteiger partial charge in [-0.1, -0.05) is 53.0 Å². The third-order valence-electron chi connectivity index (χ3n) is 2.58. The van der Waals surface area contributed by atoms with Crippen LogP contribution in [0.3, 0.4) is 0 Å². The number of alkyl halides is 3. The number of nitrogens with zero attached hydrogens (tertiary/aromatic N) is 1. The van der Waals surface area contributed by atoms with Crippen LogP contribution in [0.4, 0.5) is 4.39 Å². The van der Waals surface area contributed by atoms with E-state index >= 15 is 0 Å². The molecule has 0 aliphatic carbocycles. The Morgan fingerprint density at radius 2 is 1.95 bits per heavy atom. The van der Waals surface area contributed by atoms with E-state index in [1.807, 2.05) is 0 Å². The zero-order valence-corrected chi connectivity index (χ0v) is 13.7. The van der Waals surface area contributed by atoms with E-state index in [0.29, 0.717) is 28.1 Å². The number of benzene rings is 1. The van der Waals surface area contributed by atoms with Gasteiger partial charge < -0.3 is 4.74 Å². The van der Waals surface area contributed by atoms with Gasteiger partial charge in [0.05, 0.1) is 12.7 Å². The fourth-order valence-corrected chi connectivity index (χ4v) is 3.04. The van der Waals surface area contributed by atoms with E-state index in [1.165, 1.54) is 23.5 Å². The van der Waals surface area contributed by atoms with Crippen LogP contribution in [0.1, 0.15) is 10.4 Å². The zero-order valence-electron chi connectivity index (χ0n) is 10.6. The van der Waals surface area contributed by atoms with E-state index in [-0.39, 0.29) is 5.56 Å². The molecule has 1 heterocycles. The van der Waals surface area contributed by atoms with E-state index in [2.05, 4.69) is 0 Å². The minimum atomic E-state index is -2.52. The number of aromatic nitrogens is 1. The molecule has 0 saturated heterocycles. The maximum atomic E-state index is 13.3. The van der Waals surface area contributed by atoms with Crippen molar-refractivity contribution >= 4 is 52.7 Å². The number of methoxy groups -OCH3 is 1. The Morgan fingerprint density at radius 1 is 1.29 bits per heavy atom. The highest BCUT2D eigenvalue weighted by Gasteiger charge is 2.27. The third-order valence-corrected chi connectivity index (χ3v) is 3.95. The van der Waals surface area contributed by atoms with Gasteiger partial charge in [-0.05, 0) is 6.07 Å². The number of carbonyl (C=O) groups excluding carboxylic acids is 1. The van der Waals surface area contributed by atoms with Crippen molar-refractivity contribution in [3.8, 4) is 11.1 Å². The molecule has 0 spiro atoms. The molecule has 0 amide bonds. The highest BCUT2D eigenvalue weighted by molar-refractivity contribution is 8.01. The summed E-state index contributed by atoms with van der Waals surface area (Å²) in [5, 5.41) is 0.452. The monoisotopic (exact) mass is 367 g/mol. The molecule has 112 valence electrons. The van der Waals surface area contributed by atoms with E-state index in [9.17, 15) is 9.18 Å². The second-order valence-electron chi connectivity index (χ2n) is 3.95. The average molecular weight is 369 g/mol. The minimum absolute atomic E-state index is 0.232. The maximum absolute atomic E-state index is 13.3. The number of esters is 1. The molecule has 0 bridgehead atoms. The first kappa shape index (κ1) is 16.5. The quantitative estimate of drug-likeness (QED) is 0.552. The van der Waals surface area contributed by atoms with Crippen LogP contribution < -0.4 is 0 Å². The van der Waals surface area contributed by atoms with Crippen molar-refractivity contribution in [3.05, 3.63) is 47.2 Å². The van der Waals surface area contributed by atoms with Crippen molar-refractivity contribution in [2.75, 3.05) is 7.11 Å². The highest BCUT2D eigenvalue weighted by Crippen LogP contribution is 2.40. The molecular formula is C13H9Cl3FNO2S. The van der Waals surface area contributed by atoms with Gasteiger partial charge in [0, 0.05) is 40.5 Å². The van der Waals surface area contributed by atoms with Crippen LogP contribution >= 0.6 is 46.8 Å². The smallest absolute Gasteiger partial charge is 0.340 e. The molecule has 0 N–H and O–H groups in total. The SMILES string of the molecule is COC(=O)c1cn(SC(F)(Cl)Cl)cc1-c1ccccc1Cl. The van der Waals surface area contributed by atoms with Gasteiger partial charge in [-0.25, -0.2) is 4.79 Å². The summed E-state index contributed by atoms with van der Waals surface area (Å²) in [4.78, 5) is 11.9. The van der Waals surface area contributed by atoms with Gasteiger partial charge in [0.2, 0.25) is 0 Å². The lowest BCUT2D eigenvalue weighted by Gasteiger charge is -2.08. The van der Waals surface area contributed by atoms with Crippen molar-refractivity contribution in [1.82, 2.24) is 3.97 Å². The van der Waals surface area contributed by atoms with E-state index in [4.69, 9.17) is 39.5 Å². The van der Waals surface area contributed by atoms with Gasteiger partial charge in [-0.3, -0.25) is 3.97 Å². The number of rotatable bonds is 4. The summed E-state index contributed by atoms with van der Waals surface area (Å²) in [7, 11) is 1.26. The van der Waals surface area contributed by atoms with Crippen LogP contribution in [-0.4, -0.2) is 21.0 Å². The summed E-state index contributed by atoms with van der Waals surface area (Å²) in [6.07, 6.45) is 2.89. The number of hydrogen-bond acceptors (Lipinski definition) is 3. The molecule has 0 unspecified atom stereocenters. The molecule has 21 heavy (non-hydrogen) atoms. The summed E-state index contributed by atoms with van der Waals surface area (Å²) in [5.41, 5.74) is 1.35. The Hall–Kier alpha value is -0.880. The van der Waals surface area contributed by atoms with Crippen LogP contribution in [0.5, 0.6) is 0 Å². The summed E-state index contributed by atoms with van der Waals surface area (Å²) in [5.74, 6) is -0.571. The molecular weight excluding hydrogens is 360 g/mol. The van der Waals surface area contributed by atoms with Crippen LogP contribution in [-0.2, 0) is 4.74 Å².